The predicted molar refractivity (Wildman–Crippen MR) is 95.6 cm³/mol. The van der Waals surface area contributed by atoms with Crippen LogP contribution in [0.5, 0.6) is 0 Å². The van der Waals surface area contributed by atoms with E-state index in [1.807, 2.05) is 41.3 Å². The molecule has 2 aromatic carbocycles. The average Bonchev–Trinajstić information content (AvgIpc) is 3.29. The van der Waals surface area contributed by atoms with E-state index in [1.165, 1.54) is 11.1 Å². The van der Waals surface area contributed by atoms with Gasteiger partial charge in [-0.1, -0.05) is 60.7 Å². The molecule has 1 aliphatic heterocycles. The number of hydrogen-bond donors (Lipinski definition) is 1. The quantitative estimate of drug-likeness (QED) is 0.941. The maximum absolute atomic E-state index is 13.1. The van der Waals surface area contributed by atoms with Crippen molar-refractivity contribution in [1.29, 1.82) is 0 Å². The van der Waals surface area contributed by atoms with Crippen molar-refractivity contribution in [3.63, 3.8) is 0 Å². The minimum absolute atomic E-state index is 0.0314. The molecule has 0 unspecified atom stereocenters. The van der Waals surface area contributed by atoms with Crippen molar-refractivity contribution in [1.82, 2.24) is 4.90 Å². The fraction of sp³-hybridized carbons (Fsp3) is 0.381. The molecular weight excluding hydrogens is 296 g/mol. The second kappa shape index (κ2) is 6.06. The number of amides is 1. The van der Waals surface area contributed by atoms with Gasteiger partial charge in [0.05, 0.1) is 5.41 Å². The van der Waals surface area contributed by atoms with Gasteiger partial charge in [-0.3, -0.25) is 4.79 Å². The molecular formula is C21H24N2O. The molecule has 4 rings (SSSR count). The van der Waals surface area contributed by atoms with Crippen LogP contribution in [0.15, 0.2) is 60.7 Å². The van der Waals surface area contributed by atoms with Crippen LogP contribution < -0.4 is 5.73 Å². The number of nitrogens with two attached hydrogens (primary N) is 1. The maximum atomic E-state index is 13.1. The summed E-state index contributed by atoms with van der Waals surface area (Å²) in [6.45, 7) is 1.43. The third kappa shape index (κ3) is 2.84. The normalized spacial score (nSPS) is 24.8. The van der Waals surface area contributed by atoms with E-state index in [0.29, 0.717) is 12.5 Å². The third-order valence-corrected chi connectivity index (χ3v) is 5.57. The molecule has 1 amide bonds. The number of rotatable bonds is 4. The second-order valence-corrected chi connectivity index (χ2v) is 7.33. The van der Waals surface area contributed by atoms with E-state index in [9.17, 15) is 4.79 Å². The molecule has 3 nitrogen and oxygen atoms in total. The third-order valence-electron chi connectivity index (χ3n) is 5.57. The summed E-state index contributed by atoms with van der Waals surface area (Å²) < 4.78 is 0. The lowest BCUT2D eigenvalue weighted by atomic mass is 9.94. The molecule has 1 aliphatic carbocycles. The smallest absolute Gasteiger partial charge is 0.229 e. The van der Waals surface area contributed by atoms with Crippen molar-refractivity contribution < 1.29 is 4.79 Å². The molecule has 0 bridgehead atoms. The highest BCUT2D eigenvalue weighted by atomic mass is 16.2. The standard InChI is InChI=1S/C21H24N2O/c22-19-15-23(14-18(19)17-9-5-2-6-10-17)20(24)21(11-12-21)13-16-7-3-1-4-8-16/h1-10,18-19H,11-15,22H2/t18-,19+/m0/s1. The zero-order chi connectivity index (χ0) is 16.6. The first kappa shape index (κ1) is 15.4. The fourth-order valence-electron chi connectivity index (χ4n) is 3.99. The molecule has 2 atom stereocenters. The van der Waals surface area contributed by atoms with Gasteiger partial charge in [-0.2, -0.15) is 0 Å². The van der Waals surface area contributed by atoms with Gasteiger partial charge in [0.2, 0.25) is 5.91 Å². The first-order chi connectivity index (χ1) is 11.7. The van der Waals surface area contributed by atoms with Crippen molar-refractivity contribution in [2.45, 2.75) is 31.2 Å². The fourth-order valence-corrected chi connectivity index (χ4v) is 3.99. The lowest BCUT2D eigenvalue weighted by Gasteiger charge is -2.23. The number of nitrogens with zero attached hydrogens (tertiary/aromatic N) is 1. The molecule has 2 N–H and O–H groups in total. The minimum Gasteiger partial charge on any atom is -0.340 e. The van der Waals surface area contributed by atoms with Gasteiger partial charge in [0.1, 0.15) is 0 Å². The van der Waals surface area contributed by atoms with E-state index < -0.39 is 0 Å². The average molecular weight is 320 g/mol. The van der Waals surface area contributed by atoms with Crippen molar-refractivity contribution in [2.75, 3.05) is 13.1 Å². The van der Waals surface area contributed by atoms with E-state index in [4.69, 9.17) is 5.73 Å². The van der Waals surface area contributed by atoms with Gasteiger partial charge in [-0.15, -0.1) is 0 Å². The minimum atomic E-state index is -0.174. The Kier molecular flexibility index (Phi) is 3.89. The van der Waals surface area contributed by atoms with Crippen molar-refractivity contribution >= 4 is 5.91 Å². The van der Waals surface area contributed by atoms with Crippen LogP contribution in [0.2, 0.25) is 0 Å². The molecule has 1 saturated carbocycles. The zero-order valence-electron chi connectivity index (χ0n) is 13.9. The summed E-state index contributed by atoms with van der Waals surface area (Å²) in [5.74, 6) is 0.558. The van der Waals surface area contributed by atoms with Crippen LogP contribution in [0.3, 0.4) is 0 Å². The number of carbonyl (C=O) groups is 1. The number of hydrogen-bond acceptors (Lipinski definition) is 2. The van der Waals surface area contributed by atoms with Gasteiger partial charge in [0, 0.05) is 25.0 Å². The van der Waals surface area contributed by atoms with Crippen LogP contribution in [0.25, 0.3) is 0 Å². The van der Waals surface area contributed by atoms with Crippen LogP contribution in [0.4, 0.5) is 0 Å². The van der Waals surface area contributed by atoms with Gasteiger partial charge in [-0.05, 0) is 30.4 Å². The summed E-state index contributed by atoms with van der Waals surface area (Å²) >= 11 is 0. The largest absolute Gasteiger partial charge is 0.340 e. The highest BCUT2D eigenvalue weighted by Crippen LogP contribution is 2.50. The van der Waals surface area contributed by atoms with Gasteiger partial charge in [0.15, 0.2) is 0 Å². The Morgan fingerprint density at radius 2 is 1.62 bits per heavy atom. The zero-order valence-corrected chi connectivity index (χ0v) is 13.9. The Morgan fingerprint density at radius 3 is 2.25 bits per heavy atom. The number of benzene rings is 2. The second-order valence-electron chi connectivity index (χ2n) is 7.33. The lowest BCUT2D eigenvalue weighted by Crippen LogP contribution is -2.38. The Balaban J connectivity index is 1.47. The Labute approximate surface area is 143 Å². The number of likely N-dealkylation sites (tertiary alicyclic amines) is 1. The van der Waals surface area contributed by atoms with Gasteiger partial charge in [0.25, 0.3) is 0 Å². The monoisotopic (exact) mass is 320 g/mol. The first-order valence-electron chi connectivity index (χ1n) is 8.82. The van der Waals surface area contributed by atoms with Crippen molar-refractivity contribution in [2.24, 2.45) is 11.1 Å². The summed E-state index contributed by atoms with van der Waals surface area (Å²) in [4.78, 5) is 15.1. The van der Waals surface area contributed by atoms with E-state index in [0.717, 1.165) is 25.8 Å². The van der Waals surface area contributed by atoms with E-state index in [2.05, 4.69) is 24.3 Å². The summed E-state index contributed by atoms with van der Waals surface area (Å²) in [6.07, 6.45) is 2.86. The van der Waals surface area contributed by atoms with Gasteiger partial charge >= 0.3 is 0 Å². The molecule has 1 saturated heterocycles. The summed E-state index contributed by atoms with van der Waals surface area (Å²) in [7, 11) is 0. The molecule has 2 aromatic rings. The Morgan fingerprint density at radius 1 is 1.00 bits per heavy atom. The molecule has 1 heterocycles. The Bertz CT molecular complexity index is 709. The van der Waals surface area contributed by atoms with Crippen LogP contribution in [0, 0.1) is 5.41 Å². The first-order valence-corrected chi connectivity index (χ1v) is 8.82. The molecule has 0 radical (unpaired) electrons. The van der Waals surface area contributed by atoms with Crippen LogP contribution in [-0.4, -0.2) is 29.9 Å². The summed E-state index contributed by atoms with van der Waals surface area (Å²) in [5, 5.41) is 0. The molecule has 3 heteroatoms. The predicted octanol–water partition coefficient (Wildman–Crippen LogP) is 2.96. The number of carbonyl (C=O) groups excluding carboxylic acids is 1. The lowest BCUT2D eigenvalue weighted by molar-refractivity contribution is -0.136. The van der Waals surface area contributed by atoms with Crippen molar-refractivity contribution in [3.8, 4) is 0 Å². The molecule has 24 heavy (non-hydrogen) atoms. The SMILES string of the molecule is N[C@@H]1CN(C(=O)C2(Cc3ccccc3)CC2)C[C@H]1c1ccccc1. The van der Waals surface area contributed by atoms with Crippen LogP contribution in [-0.2, 0) is 11.2 Å². The molecule has 124 valence electrons. The van der Waals surface area contributed by atoms with Crippen LogP contribution in [0.1, 0.15) is 29.9 Å². The summed E-state index contributed by atoms with van der Waals surface area (Å²) in [5.41, 5.74) is 8.69. The van der Waals surface area contributed by atoms with E-state index >= 15 is 0 Å². The molecule has 2 aliphatic rings. The maximum Gasteiger partial charge on any atom is 0.229 e. The van der Waals surface area contributed by atoms with Crippen molar-refractivity contribution in [3.05, 3.63) is 71.8 Å². The highest BCUT2D eigenvalue weighted by Gasteiger charge is 2.52. The highest BCUT2D eigenvalue weighted by molar-refractivity contribution is 5.86. The van der Waals surface area contributed by atoms with E-state index in [-0.39, 0.29) is 17.4 Å². The topological polar surface area (TPSA) is 46.3 Å². The van der Waals surface area contributed by atoms with Crippen LogP contribution >= 0.6 is 0 Å². The van der Waals surface area contributed by atoms with Gasteiger partial charge < -0.3 is 10.6 Å². The Hall–Kier alpha value is -2.13. The van der Waals surface area contributed by atoms with E-state index in [1.54, 1.807) is 0 Å². The summed E-state index contributed by atoms with van der Waals surface area (Å²) in [6, 6.07) is 20.7. The van der Waals surface area contributed by atoms with Gasteiger partial charge in [-0.25, -0.2) is 0 Å². The molecule has 0 spiro atoms. The molecule has 2 fully saturated rings. The molecule has 0 aromatic heterocycles.